The molecule has 2 amide bonds. The van der Waals surface area contributed by atoms with E-state index in [0.717, 1.165) is 9.87 Å². The van der Waals surface area contributed by atoms with Gasteiger partial charge in [-0.15, -0.1) is 0 Å². The summed E-state index contributed by atoms with van der Waals surface area (Å²) in [5, 5.41) is 2.96. The molecule has 0 radical (unpaired) electrons. The summed E-state index contributed by atoms with van der Waals surface area (Å²) < 4.78 is 44.6. The largest absolute Gasteiger partial charge is 0.350 e. The summed E-state index contributed by atoms with van der Waals surface area (Å²) in [5.74, 6) is -1.65. The first-order valence-electron chi connectivity index (χ1n) is 14.1. The highest BCUT2D eigenvalue weighted by atomic mass is 79.9. The molecule has 0 fully saturated rings. The molecule has 44 heavy (non-hydrogen) atoms. The standard InChI is InChI=1S/C34H35BrFN3O4S/c1-34(2,3)37-33(41)31(21-25-13-6-4-7-14-25)38(23-26-15-10-11-20-30(26)36)32(40)24-39(28-17-12-16-27(35)22-28)44(42,43)29-18-8-5-9-19-29/h4-20,22,31H,21,23-24H2,1-3H3,(H,37,41)/t31-/m1/s1. The van der Waals surface area contributed by atoms with Crippen LogP contribution < -0.4 is 9.62 Å². The quantitative estimate of drug-likeness (QED) is 0.201. The van der Waals surface area contributed by atoms with Crippen LogP contribution in [0.4, 0.5) is 10.1 Å². The summed E-state index contributed by atoms with van der Waals surface area (Å²) in [4.78, 5) is 29.6. The Morgan fingerprint density at radius 1 is 0.864 bits per heavy atom. The normalized spacial score (nSPS) is 12.3. The molecule has 0 aromatic heterocycles. The zero-order valence-corrected chi connectivity index (χ0v) is 27.2. The van der Waals surface area contributed by atoms with Crippen molar-refractivity contribution in [2.24, 2.45) is 0 Å². The van der Waals surface area contributed by atoms with E-state index in [1.54, 1.807) is 60.7 Å². The number of hydrogen-bond donors (Lipinski definition) is 1. The number of carbonyl (C=O) groups is 2. The molecule has 1 atom stereocenters. The Morgan fingerprint density at radius 3 is 2.09 bits per heavy atom. The summed E-state index contributed by atoms with van der Waals surface area (Å²) in [7, 11) is -4.22. The van der Waals surface area contributed by atoms with Crippen molar-refractivity contribution in [2.75, 3.05) is 10.8 Å². The maximum absolute atomic E-state index is 15.0. The minimum absolute atomic E-state index is 0.000240. The third-order valence-electron chi connectivity index (χ3n) is 6.77. The lowest BCUT2D eigenvalue weighted by Crippen LogP contribution is -2.56. The fraction of sp³-hybridized carbons (Fsp3) is 0.235. The van der Waals surface area contributed by atoms with Gasteiger partial charge in [0.1, 0.15) is 18.4 Å². The van der Waals surface area contributed by atoms with E-state index in [9.17, 15) is 18.0 Å². The van der Waals surface area contributed by atoms with Crippen molar-refractivity contribution in [3.63, 3.8) is 0 Å². The number of nitrogens with one attached hydrogen (secondary N) is 1. The lowest BCUT2D eigenvalue weighted by Gasteiger charge is -2.35. The third kappa shape index (κ3) is 8.54. The van der Waals surface area contributed by atoms with Crippen LogP contribution in [0.1, 0.15) is 31.9 Å². The number of anilines is 1. The summed E-state index contributed by atoms with van der Waals surface area (Å²) in [6.07, 6.45) is 0.130. The second kappa shape index (κ2) is 14.2. The fourth-order valence-electron chi connectivity index (χ4n) is 4.70. The molecule has 0 unspecified atom stereocenters. The number of nitrogens with zero attached hydrogens (tertiary/aromatic N) is 2. The predicted octanol–water partition coefficient (Wildman–Crippen LogP) is 6.34. The van der Waals surface area contributed by atoms with Crippen LogP contribution in [0.5, 0.6) is 0 Å². The van der Waals surface area contributed by atoms with Crippen LogP contribution in [-0.4, -0.2) is 43.3 Å². The Bertz CT molecular complexity index is 1700. The number of benzene rings is 4. The number of halogens is 2. The highest BCUT2D eigenvalue weighted by Crippen LogP contribution is 2.27. The second-order valence-corrected chi connectivity index (χ2v) is 14.1. The molecule has 10 heteroatoms. The molecule has 1 N–H and O–H groups in total. The van der Waals surface area contributed by atoms with E-state index < -0.39 is 45.8 Å². The number of rotatable bonds is 11. The van der Waals surface area contributed by atoms with Gasteiger partial charge >= 0.3 is 0 Å². The second-order valence-electron chi connectivity index (χ2n) is 11.4. The van der Waals surface area contributed by atoms with Gasteiger partial charge < -0.3 is 10.2 Å². The van der Waals surface area contributed by atoms with Crippen LogP contribution in [0.3, 0.4) is 0 Å². The molecule has 0 saturated carbocycles. The van der Waals surface area contributed by atoms with Gasteiger partial charge in [-0.2, -0.15) is 0 Å². The molecule has 4 rings (SSSR count). The molecule has 230 valence electrons. The molecular formula is C34H35BrFN3O4S. The van der Waals surface area contributed by atoms with Crippen LogP contribution in [0.25, 0.3) is 0 Å². The van der Waals surface area contributed by atoms with E-state index in [-0.39, 0.29) is 29.1 Å². The first kappa shape index (κ1) is 32.9. The van der Waals surface area contributed by atoms with E-state index >= 15 is 4.39 Å². The van der Waals surface area contributed by atoms with Gasteiger partial charge in [-0.25, -0.2) is 12.8 Å². The van der Waals surface area contributed by atoms with Gasteiger partial charge in [0.25, 0.3) is 10.0 Å². The highest BCUT2D eigenvalue weighted by Gasteiger charge is 2.36. The van der Waals surface area contributed by atoms with Crippen LogP contribution in [0, 0.1) is 5.82 Å². The molecule has 0 heterocycles. The monoisotopic (exact) mass is 679 g/mol. The van der Waals surface area contributed by atoms with Crippen molar-refractivity contribution in [2.45, 2.75) is 50.2 Å². The SMILES string of the molecule is CC(C)(C)NC(=O)[C@@H](Cc1ccccc1)N(Cc1ccccc1F)C(=O)CN(c1cccc(Br)c1)S(=O)(=O)c1ccccc1. The summed E-state index contributed by atoms with van der Waals surface area (Å²) in [6, 6.07) is 28.6. The Morgan fingerprint density at radius 2 is 1.48 bits per heavy atom. The van der Waals surface area contributed by atoms with Crippen molar-refractivity contribution in [1.29, 1.82) is 0 Å². The van der Waals surface area contributed by atoms with Gasteiger partial charge in [0.15, 0.2) is 0 Å². The maximum atomic E-state index is 15.0. The Kier molecular flexibility index (Phi) is 10.6. The van der Waals surface area contributed by atoms with Gasteiger partial charge in [0, 0.05) is 28.5 Å². The van der Waals surface area contributed by atoms with Gasteiger partial charge in [-0.05, 0) is 62.7 Å². The van der Waals surface area contributed by atoms with E-state index in [1.807, 2.05) is 51.1 Å². The number of sulfonamides is 1. The molecule has 0 spiro atoms. The van der Waals surface area contributed by atoms with E-state index in [1.165, 1.54) is 23.1 Å². The predicted molar refractivity (Wildman–Crippen MR) is 174 cm³/mol. The summed E-state index contributed by atoms with van der Waals surface area (Å²) >= 11 is 3.40. The van der Waals surface area contributed by atoms with Gasteiger partial charge in [-0.1, -0.05) is 88.7 Å². The zero-order valence-electron chi connectivity index (χ0n) is 24.8. The topological polar surface area (TPSA) is 86.8 Å². The minimum Gasteiger partial charge on any atom is -0.350 e. The van der Waals surface area contributed by atoms with Crippen LogP contribution >= 0.6 is 15.9 Å². The van der Waals surface area contributed by atoms with Crippen molar-refractivity contribution in [3.05, 3.63) is 131 Å². The summed E-state index contributed by atoms with van der Waals surface area (Å²) in [6.45, 7) is 4.60. The number of carbonyl (C=O) groups excluding carboxylic acids is 2. The lowest BCUT2D eigenvalue weighted by molar-refractivity contribution is -0.140. The summed E-state index contributed by atoms with van der Waals surface area (Å²) in [5.41, 5.74) is 0.606. The lowest BCUT2D eigenvalue weighted by atomic mass is 10.0. The van der Waals surface area contributed by atoms with E-state index in [2.05, 4.69) is 21.2 Å². The molecule has 0 aliphatic rings. The van der Waals surface area contributed by atoms with E-state index in [0.29, 0.717) is 4.47 Å². The third-order valence-corrected chi connectivity index (χ3v) is 9.06. The minimum atomic E-state index is -4.22. The molecular weight excluding hydrogens is 645 g/mol. The molecule has 0 aliphatic carbocycles. The Labute approximate surface area is 266 Å². The van der Waals surface area contributed by atoms with Crippen LogP contribution in [-0.2, 0) is 32.6 Å². The Hall–Kier alpha value is -4.02. The zero-order chi connectivity index (χ0) is 31.9. The van der Waals surface area contributed by atoms with Crippen molar-refractivity contribution in [1.82, 2.24) is 10.2 Å². The van der Waals surface area contributed by atoms with Crippen molar-refractivity contribution < 1.29 is 22.4 Å². The van der Waals surface area contributed by atoms with E-state index in [4.69, 9.17) is 0 Å². The first-order chi connectivity index (χ1) is 20.8. The van der Waals surface area contributed by atoms with Gasteiger partial charge in [0.2, 0.25) is 11.8 Å². The number of amides is 2. The number of hydrogen-bond acceptors (Lipinski definition) is 4. The molecule has 0 bridgehead atoms. The first-order valence-corrected chi connectivity index (χ1v) is 16.3. The van der Waals surface area contributed by atoms with Crippen LogP contribution in [0.2, 0.25) is 0 Å². The molecule has 7 nitrogen and oxygen atoms in total. The molecule has 0 aliphatic heterocycles. The van der Waals surface area contributed by atoms with Crippen LogP contribution in [0.15, 0.2) is 119 Å². The highest BCUT2D eigenvalue weighted by molar-refractivity contribution is 9.10. The smallest absolute Gasteiger partial charge is 0.264 e. The van der Waals surface area contributed by atoms with Crippen molar-refractivity contribution in [3.8, 4) is 0 Å². The molecule has 4 aromatic carbocycles. The average Bonchev–Trinajstić information content (AvgIpc) is 2.98. The Balaban J connectivity index is 1.82. The van der Waals surface area contributed by atoms with Crippen molar-refractivity contribution >= 4 is 43.5 Å². The molecule has 0 saturated heterocycles. The van der Waals surface area contributed by atoms with Gasteiger partial charge in [0.05, 0.1) is 10.6 Å². The molecule has 4 aromatic rings. The average molecular weight is 681 g/mol. The van der Waals surface area contributed by atoms with Gasteiger partial charge in [-0.3, -0.25) is 13.9 Å². The maximum Gasteiger partial charge on any atom is 0.264 e. The fourth-order valence-corrected chi connectivity index (χ4v) is 6.51.